The number of hydrogen-bond donors (Lipinski definition) is 2. The molecule has 0 atom stereocenters. The van der Waals surface area contributed by atoms with Crippen molar-refractivity contribution in [3.05, 3.63) is 97.1 Å². The van der Waals surface area contributed by atoms with E-state index in [4.69, 9.17) is 12.5 Å². The molecule has 0 saturated carbocycles. The molecule has 0 amide bonds. The van der Waals surface area contributed by atoms with Crippen LogP contribution >= 0.6 is 0 Å². The van der Waals surface area contributed by atoms with Crippen molar-refractivity contribution in [1.29, 1.82) is 0 Å². The zero-order valence-electron chi connectivity index (χ0n) is 17.7. The second kappa shape index (κ2) is 10.6. The first kappa shape index (κ1) is 23.0. The van der Waals surface area contributed by atoms with Crippen LogP contribution in [0.4, 0.5) is 0 Å². The fourth-order valence-corrected chi connectivity index (χ4v) is 3.28. The van der Waals surface area contributed by atoms with Gasteiger partial charge >= 0.3 is 21.0 Å². The molecular weight excluding hydrogens is 471 g/mol. The molecule has 2 N–H and O–H groups in total. The van der Waals surface area contributed by atoms with Gasteiger partial charge in [-0.2, -0.15) is 0 Å². The topological polar surface area (TPSA) is 110 Å². The number of para-hydroxylation sites is 6. The zero-order valence-corrected chi connectivity index (χ0v) is 19.1. The van der Waals surface area contributed by atoms with Crippen LogP contribution in [0.15, 0.2) is 106 Å². The van der Waals surface area contributed by atoms with Gasteiger partial charge < -0.3 is 19.0 Å². The van der Waals surface area contributed by atoms with E-state index in [0.29, 0.717) is 22.9 Å². The van der Waals surface area contributed by atoms with E-state index in [2.05, 4.69) is 9.97 Å². The van der Waals surface area contributed by atoms with Gasteiger partial charge in [0.1, 0.15) is 22.5 Å². The number of phenolic OH excluding ortho intramolecular Hbond substituents is 2. The Balaban J connectivity index is 0.000000150. The molecule has 0 radical (unpaired) electrons. The predicted octanol–water partition coefficient (Wildman–Crippen LogP) is 6.28. The summed E-state index contributed by atoms with van der Waals surface area (Å²) in [5, 5.41) is 19.4. The Morgan fingerprint density at radius 3 is 1.26 bits per heavy atom. The summed E-state index contributed by atoms with van der Waals surface area (Å²) >= 11 is 1.06. The van der Waals surface area contributed by atoms with Crippen molar-refractivity contribution in [2.24, 2.45) is 0 Å². The Morgan fingerprint density at radius 2 is 0.882 bits per heavy atom. The first-order valence-corrected chi connectivity index (χ1v) is 10.7. The van der Waals surface area contributed by atoms with Gasteiger partial charge in [0.15, 0.2) is 11.2 Å². The van der Waals surface area contributed by atoms with Gasteiger partial charge in [0.2, 0.25) is 11.8 Å². The third kappa shape index (κ3) is 4.91. The SMILES string of the molecule is Oc1ccccc1-c1nc2ccccc2o1.Oc1ccccc1-c1nc2ccccc2o1.[O]=[V]. The van der Waals surface area contributed by atoms with Crippen molar-refractivity contribution >= 4 is 22.2 Å². The number of fused-ring (bicyclic) bond motifs is 2. The van der Waals surface area contributed by atoms with Crippen LogP contribution < -0.4 is 0 Å². The number of benzene rings is 4. The summed E-state index contributed by atoms with van der Waals surface area (Å²) in [5.41, 5.74) is 4.25. The van der Waals surface area contributed by atoms with E-state index in [1.165, 1.54) is 0 Å². The molecule has 4 aromatic carbocycles. The van der Waals surface area contributed by atoms with Gasteiger partial charge in [-0.05, 0) is 48.5 Å². The number of aromatic hydroxyl groups is 2. The molecule has 0 unspecified atom stereocenters. The first-order chi connectivity index (χ1) is 16.7. The van der Waals surface area contributed by atoms with Crippen molar-refractivity contribution in [3.8, 4) is 34.4 Å². The molecule has 6 rings (SSSR count). The summed E-state index contributed by atoms with van der Waals surface area (Å²) < 4.78 is 19.3. The fraction of sp³-hybridized carbons (Fsp3) is 0. The van der Waals surface area contributed by atoms with E-state index in [9.17, 15) is 10.2 Å². The third-order valence-corrected chi connectivity index (χ3v) is 4.86. The van der Waals surface area contributed by atoms with Gasteiger partial charge in [-0.15, -0.1) is 0 Å². The number of phenols is 2. The van der Waals surface area contributed by atoms with Crippen LogP contribution in [0.25, 0.3) is 45.1 Å². The Hall–Kier alpha value is -4.20. The summed E-state index contributed by atoms with van der Waals surface area (Å²) in [7, 11) is 0. The summed E-state index contributed by atoms with van der Waals surface area (Å²) in [6.45, 7) is 0. The fourth-order valence-electron chi connectivity index (χ4n) is 3.28. The third-order valence-electron chi connectivity index (χ3n) is 4.86. The molecule has 7 nitrogen and oxygen atoms in total. The van der Waals surface area contributed by atoms with Crippen LogP contribution in [0.5, 0.6) is 11.5 Å². The van der Waals surface area contributed by atoms with E-state index in [1.807, 2.05) is 60.7 Å². The van der Waals surface area contributed by atoms with Crippen LogP contribution in [0.1, 0.15) is 0 Å². The van der Waals surface area contributed by atoms with Gasteiger partial charge in [0, 0.05) is 0 Å². The first-order valence-electron chi connectivity index (χ1n) is 10.2. The van der Waals surface area contributed by atoms with Crippen molar-refractivity contribution in [1.82, 2.24) is 9.97 Å². The molecule has 34 heavy (non-hydrogen) atoms. The summed E-state index contributed by atoms with van der Waals surface area (Å²) in [5.74, 6) is 1.24. The molecule has 0 saturated heterocycles. The second-order valence-electron chi connectivity index (χ2n) is 7.01. The van der Waals surface area contributed by atoms with E-state index in [-0.39, 0.29) is 11.5 Å². The second-order valence-corrected chi connectivity index (χ2v) is 7.01. The van der Waals surface area contributed by atoms with Gasteiger partial charge in [0.25, 0.3) is 0 Å². The molecule has 2 heterocycles. The Bertz CT molecular complexity index is 1360. The minimum atomic E-state index is 0.175. The molecule has 0 bridgehead atoms. The normalized spacial score (nSPS) is 10.2. The molecule has 0 fully saturated rings. The van der Waals surface area contributed by atoms with Crippen LogP contribution in [0.3, 0.4) is 0 Å². The Kier molecular flexibility index (Phi) is 7.17. The van der Waals surface area contributed by atoms with Crippen molar-refractivity contribution in [2.75, 3.05) is 0 Å². The van der Waals surface area contributed by atoms with E-state index >= 15 is 0 Å². The van der Waals surface area contributed by atoms with E-state index < -0.39 is 0 Å². The average molecular weight is 489 g/mol. The molecule has 0 aliphatic carbocycles. The monoisotopic (exact) mass is 489 g/mol. The van der Waals surface area contributed by atoms with Gasteiger partial charge in [-0.3, -0.25) is 0 Å². The average Bonchev–Trinajstić information content (AvgIpc) is 3.50. The summed E-state index contributed by atoms with van der Waals surface area (Å²) in [4.78, 5) is 8.63. The maximum atomic E-state index is 9.69. The van der Waals surface area contributed by atoms with Gasteiger partial charge in [-0.25, -0.2) is 9.97 Å². The number of nitrogens with zero attached hydrogens (tertiary/aromatic N) is 2. The zero-order chi connectivity index (χ0) is 23.9. The van der Waals surface area contributed by atoms with E-state index in [1.54, 1.807) is 36.4 Å². The van der Waals surface area contributed by atoms with Crippen molar-refractivity contribution in [3.63, 3.8) is 0 Å². The van der Waals surface area contributed by atoms with Gasteiger partial charge in [0.05, 0.1) is 11.1 Å². The molecule has 6 aromatic rings. The van der Waals surface area contributed by atoms with Gasteiger partial charge in [-0.1, -0.05) is 48.5 Å². The molecule has 0 spiro atoms. The molecule has 8 heteroatoms. The van der Waals surface area contributed by atoms with Crippen LogP contribution in [-0.2, 0) is 21.0 Å². The Labute approximate surface area is 203 Å². The summed E-state index contributed by atoms with van der Waals surface area (Å²) in [6.07, 6.45) is 0. The maximum absolute atomic E-state index is 9.69. The number of hydrogen-bond acceptors (Lipinski definition) is 7. The number of oxazole rings is 2. The Morgan fingerprint density at radius 1 is 0.529 bits per heavy atom. The number of aromatic nitrogens is 2. The molecular formula is C26H18N2O5V. The minimum absolute atomic E-state index is 0.175. The standard InChI is InChI=1S/2C13H9NO2.O.V/c2*15-11-7-3-1-5-9(11)13-14-10-6-2-4-8-12(10)16-13;;/h2*1-8,15H;;. The van der Waals surface area contributed by atoms with Crippen LogP contribution in [0, 0.1) is 0 Å². The quantitative estimate of drug-likeness (QED) is 0.295. The molecule has 2 aromatic heterocycles. The predicted molar refractivity (Wildman–Crippen MR) is 123 cm³/mol. The van der Waals surface area contributed by atoms with Crippen LogP contribution in [0.2, 0.25) is 0 Å². The summed E-state index contributed by atoms with van der Waals surface area (Å²) in [6, 6.07) is 29.0. The molecule has 167 valence electrons. The van der Waals surface area contributed by atoms with Crippen LogP contribution in [-0.4, -0.2) is 20.2 Å². The molecule has 0 aliphatic rings. The molecule has 0 aliphatic heterocycles. The van der Waals surface area contributed by atoms with E-state index in [0.717, 1.165) is 39.6 Å². The number of rotatable bonds is 2. The van der Waals surface area contributed by atoms with Crippen molar-refractivity contribution < 1.29 is 40.1 Å². The van der Waals surface area contributed by atoms with Crippen molar-refractivity contribution in [2.45, 2.75) is 0 Å².